The maximum atomic E-state index is 12.5. The van der Waals surface area contributed by atoms with E-state index in [0.717, 1.165) is 30.2 Å². The predicted octanol–water partition coefficient (Wildman–Crippen LogP) is 2.69. The maximum Gasteiger partial charge on any atom is 0.254 e. The summed E-state index contributed by atoms with van der Waals surface area (Å²) < 4.78 is 0. The number of anilines is 1. The molecule has 1 amide bonds. The zero-order valence-electron chi connectivity index (χ0n) is 12.1. The lowest BCUT2D eigenvalue weighted by Gasteiger charge is -2.32. The lowest BCUT2D eigenvalue weighted by Crippen LogP contribution is -2.37. The van der Waals surface area contributed by atoms with Crippen LogP contribution in [0.3, 0.4) is 0 Å². The third kappa shape index (κ3) is 3.25. The Morgan fingerprint density at radius 1 is 1.47 bits per heavy atom. The number of rotatable bonds is 5. The van der Waals surface area contributed by atoms with Gasteiger partial charge in [0.2, 0.25) is 0 Å². The molecule has 1 aromatic heterocycles. The van der Waals surface area contributed by atoms with Crippen molar-refractivity contribution in [2.45, 2.75) is 33.1 Å². The van der Waals surface area contributed by atoms with Crippen molar-refractivity contribution >= 4 is 11.7 Å². The second kappa shape index (κ2) is 6.04. The monoisotopic (exact) mass is 261 g/mol. The molecule has 19 heavy (non-hydrogen) atoms. The summed E-state index contributed by atoms with van der Waals surface area (Å²) in [5.41, 5.74) is 1.60. The van der Waals surface area contributed by atoms with Gasteiger partial charge in [0.05, 0.1) is 0 Å². The van der Waals surface area contributed by atoms with E-state index in [4.69, 9.17) is 0 Å². The zero-order valence-corrected chi connectivity index (χ0v) is 12.1. The minimum atomic E-state index is 0.122. The summed E-state index contributed by atoms with van der Waals surface area (Å²) >= 11 is 0. The maximum absolute atomic E-state index is 12.5. The second-order valence-corrected chi connectivity index (χ2v) is 5.27. The van der Waals surface area contributed by atoms with Gasteiger partial charge in [0, 0.05) is 31.4 Å². The van der Waals surface area contributed by atoms with E-state index in [0.29, 0.717) is 5.92 Å². The molecule has 0 unspecified atom stereocenters. The quantitative estimate of drug-likeness (QED) is 0.886. The Hall–Kier alpha value is -1.58. The van der Waals surface area contributed by atoms with Gasteiger partial charge in [0.15, 0.2) is 0 Å². The van der Waals surface area contributed by atoms with Crippen molar-refractivity contribution in [2.24, 2.45) is 5.92 Å². The predicted molar refractivity (Wildman–Crippen MR) is 77.4 cm³/mol. The molecule has 4 nitrogen and oxygen atoms in total. The van der Waals surface area contributed by atoms with Crippen LogP contribution in [0.1, 0.15) is 42.2 Å². The van der Waals surface area contributed by atoms with Crippen molar-refractivity contribution in [3.8, 4) is 0 Å². The zero-order chi connectivity index (χ0) is 13.8. The molecule has 0 aliphatic heterocycles. The third-order valence-electron chi connectivity index (χ3n) is 3.83. The largest absolute Gasteiger partial charge is 0.373 e. The molecule has 0 atom stereocenters. The van der Waals surface area contributed by atoms with Crippen LogP contribution in [0.4, 0.5) is 5.82 Å². The Labute approximate surface area is 115 Å². The number of aromatic nitrogens is 1. The molecule has 4 heteroatoms. The van der Waals surface area contributed by atoms with Crippen molar-refractivity contribution in [2.75, 3.05) is 25.5 Å². The Bertz CT molecular complexity index is 455. The lowest BCUT2D eigenvalue weighted by atomic mass is 9.85. The topological polar surface area (TPSA) is 45.2 Å². The van der Waals surface area contributed by atoms with Gasteiger partial charge in [-0.25, -0.2) is 4.98 Å². The number of nitrogens with zero attached hydrogens (tertiary/aromatic N) is 2. The SMILES string of the molecule is CCN(CC1CCC1)C(=O)c1cc(C)nc(NC)c1. The van der Waals surface area contributed by atoms with Crippen LogP contribution < -0.4 is 5.32 Å². The van der Waals surface area contributed by atoms with Gasteiger partial charge in [-0.2, -0.15) is 0 Å². The summed E-state index contributed by atoms with van der Waals surface area (Å²) in [5, 5.41) is 3.00. The van der Waals surface area contributed by atoms with Crippen LogP contribution in [-0.4, -0.2) is 35.9 Å². The first kappa shape index (κ1) is 13.8. The molecular weight excluding hydrogens is 238 g/mol. The van der Waals surface area contributed by atoms with Crippen molar-refractivity contribution in [3.05, 3.63) is 23.4 Å². The Kier molecular flexibility index (Phi) is 4.40. The highest BCUT2D eigenvalue weighted by molar-refractivity contribution is 5.95. The van der Waals surface area contributed by atoms with Gasteiger partial charge in [-0.3, -0.25) is 4.79 Å². The number of carbonyl (C=O) groups excluding carboxylic acids is 1. The number of aryl methyl sites for hydroxylation is 1. The number of carbonyl (C=O) groups is 1. The molecule has 1 aliphatic rings. The highest BCUT2D eigenvalue weighted by Gasteiger charge is 2.23. The summed E-state index contributed by atoms with van der Waals surface area (Å²) in [6.45, 7) is 5.63. The summed E-state index contributed by atoms with van der Waals surface area (Å²) in [6.07, 6.45) is 3.84. The first-order valence-electron chi connectivity index (χ1n) is 7.09. The number of amides is 1. The van der Waals surface area contributed by atoms with E-state index < -0.39 is 0 Å². The fraction of sp³-hybridized carbons (Fsp3) is 0.600. The number of nitrogens with one attached hydrogen (secondary N) is 1. The fourth-order valence-corrected chi connectivity index (χ4v) is 2.45. The van der Waals surface area contributed by atoms with Gasteiger partial charge < -0.3 is 10.2 Å². The summed E-state index contributed by atoms with van der Waals surface area (Å²) in [6, 6.07) is 3.70. The van der Waals surface area contributed by atoms with E-state index >= 15 is 0 Å². The van der Waals surface area contributed by atoms with Crippen molar-refractivity contribution in [1.82, 2.24) is 9.88 Å². The molecular formula is C15H23N3O. The molecule has 1 N–H and O–H groups in total. The summed E-state index contributed by atoms with van der Waals surface area (Å²) in [4.78, 5) is 18.8. The third-order valence-corrected chi connectivity index (χ3v) is 3.83. The highest BCUT2D eigenvalue weighted by Crippen LogP contribution is 2.27. The van der Waals surface area contributed by atoms with E-state index in [2.05, 4.69) is 10.3 Å². The standard InChI is InChI=1S/C15H23N3O/c1-4-18(10-12-6-5-7-12)15(19)13-8-11(2)17-14(9-13)16-3/h8-9,12H,4-7,10H2,1-3H3,(H,16,17). The Morgan fingerprint density at radius 3 is 2.74 bits per heavy atom. The van der Waals surface area contributed by atoms with Gasteiger partial charge in [-0.15, -0.1) is 0 Å². The molecule has 104 valence electrons. The van der Waals surface area contributed by atoms with Crippen LogP contribution in [0.2, 0.25) is 0 Å². The molecule has 0 saturated heterocycles. The van der Waals surface area contributed by atoms with E-state index in [1.165, 1.54) is 19.3 Å². The van der Waals surface area contributed by atoms with Gasteiger partial charge in [0.25, 0.3) is 5.91 Å². The molecule has 1 saturated carbocycles. The van der Waals surface area contributed by atoms with Gasteiger partial charge >= 0.3 is 0 Å². The van der Waals surface area contributed by atoms with Crippen LogP contribution in [0, 0.1) is 12.8 Å². The first-order chi connectivity index (χ1) is 9.13. The average Bonchev–Trinajstić information content (AvgIpc) is 2.36. The van der Waals surface area contributed by atoms with Gasteiger partial charge in [-0.05, 0) is 44.7 Å². The van der Waals surface area contributed by atoms with Crippen molar-refractivity contribution < 1.29 is 4.79 Å². The minimum Gasteiger partial charge on any atom is -0.373 e. The Balaban J connectivity index is 2.13. The van der Waals surface area contributed by atoms with Crippen LogP contribution in [0.5, 0.6) is 0 Å². The number of hydrogen-bond donors (Lipinski definition) is 1. The molecule has 0 radical (unpaired) electrons. The molecule has 1 aliphatic carbocycles. The average molecular weight is 261 g/mol. The van der Waals surface area contributed by atoms with Gasteiger partial charge in [-0.1, -0.05) is 6.42 Å². The highest BCUT2D eigenvalue weighted by atomic mass is 16.2. The summed E-state index contributed by atoms with van der Waals surface area (Å²) in [5.74, 6) is 1.58. The van der Waals surface area contributed by atoms with E-state index in [1.54, 1.807) is 0 Å². The van der Waals surface area contributed by atoms with Crippen molar-refractivity contribution in [3.63, 3.8) is 0 Å². The summed E-state index contributed by atoms with van der Waals surface area (Å²) in [7, 11) is 1.82. The minimum absolute atomic E-state index is 0.122. The van der Waals surface area contributed by atoms with E-state index in [1.807, 2.05) is 37.9 Å². The fourth-order valence-electron chi connectivity index (χ4n) is 2.45. The van der Waals surface area contributed by atoms with Crippen molar-refractivity contribution in [1.29, 1.82) is 0 Å². The molecule has 0 bridgehead atoms. The smallest absolute Gasteiger partial charge is 0.254 e. The van der Waals surface area contributed by atoms with Crippen LogP contribution in [-0.2, 0) is 0 Å². The number of pyridine rings is 1. The molecule has 0 spiro atoms. The molecule has 1 heterocycles. The first-order valence-corrected chi connectivity index (χ1v) is 7.09. The number of hydrogen-bond acceptors (Lipinski definition) is 3. The molecule has 2 rings (SSSR count). The second-order valence-electron chi connectivity index (χ2n) is 5.27. The van der Waals surface area contributed by atoms with Crippen LogP contribution in [0.15, 0.2) is 12.1 Å². The van der Waals surface area contributed by atoms with E-state index in [-0.39, 0.29) is 5.91 Å². The van der Waals surface area contributed by atoms with E-state index in [9.17, 15) is 4.79 Å². The molecule has 0 aromatic carbocycles. The lowest BCUT2D eigenvalue weighted by molar-refractivity contribution is 0.0706. The molecule has 1 aromatic rings. The normalized spacial score (nSPS) is 14.9. The Morgan fingerprint density at radius 2 is 2.21 bits per heavy atom. The van der Waals surface area contributed by atoms with Gasteiger partial charge in [0.1, 0.15) is 5.82 Å². The molecule has 1 fully saturated rings. The van der Waals surface area contributed by atoms with Crippen LogP contribution in [0.25, 0.3) is 0 Å². The van der Waals surface area contributed by atoms with Crippen LogP contribution >= 0.6 is 0 Å².